The molecule has 0 aliphatic heterocycles. The van der Waals surface area contributed by atoms with Crippen LogP contribution in [0.5, 0.6) is 0 Å². The van der Waals surface area contributed by atoms with E-state index in [9.17, 15) is 4.39 Å². The van der Waals surface area contributed by atoms with Crippen molar-refractivity contribution in [1.82, 2.24) is 0 Å². The quantitative estimate of drug-likeness (QED) is 0.447. The molecule has 0 fully saturated rings. The lowest BCUT2D eigenvalue weighted by Crippen LogP contribution is -1.93. The summed E-state index contributed by atoms with van der Waals surface area (Å²) >= 11 is 1.25. The summed E-state index contributed by atoms with van der Waals surface area (Å²) < 4.78 is 17.8. The number of ether oxygens (including phenoxy) is 1. The van der Waals surface area contributed by atoms with Crippen molar-refractivity contribution in [2.24, 2.45) is 0 Å². The van der Waals surface area contributed by atoms with Crippen LogP contribution in [0.25, 0.3) is 0 Å². The van der Waals surface area contributed by atoms with Gasteiger partial charge in [0.25, 0.3) is 0 Å². The van der Waals surface area contributed by atoms with E-state index in [1.165, 1.54) is 17.8 Å². The van der Waals surface area contributed by atoms with Gasteiger partial charge in [0.1, 0.15) is 5.82 Å². The Kier molecular flexibility index (Phi) is 3.37. The SMILES string of the molecule is COCSc1c(N)cccc1F. The average molecular weight is 187 g/mol. The highest BCUT2D eigenvalue weighted by molar-refractivity contribution is 7.99. The van der Waals surface area contributed by atoms with E-state index >= 15 is 0 Å². The van der Waals surface area contributed by atoms with E-state index in [0.717, 1.165) is 0 Å². The van der Waals surface area contributed by atoms with Crippen molar-refractivity contribution >= 4 is 17.4 Å². The summed E-state index contributed by atoms with van der Waals surface area (Å²) in [5.74, 6) is 0.113. The zero-order chi connectivity index (χ0) is 8.97. The van der Waals surface area contributed by atoms with Gasteiger partial charge in [-0.25, -0.2) is 4.39 Å². The van der Waals surface area contributed by atoms with Crippen LogP contribution in [0.15, 0.2) is 23.1 Å². The molecule has 12 heavy (non-hydrogen) atoms. The third-order valence-electron chi connectivity index (χ3n) is 1.32. The number of hydrogen-bond donors (Lipinski definition) is 1. The monoisotopic (exact) mass is 187 g/mol. The minimum absolute atomic E-state index is 0.294. The zero-order valence-electron chi connectivity index (χ0n) is 6.71. The smallest absolute Gasteiger partial charge is 0.138 e. The van der Waals surface area contributed by atoms with Crippen LogP contribution in [-0.2, 0) is 4.74 Å². The van der Waals surface area contributed by atoms with Crippen LogP contribution in [0.4, 0.5) is 10.1 Å². The molecule has 1 aromatic carbocycles. The number of anilines is 1. The largest absolute Gasteiger partial charge is 0.398 e. The molecule has 0 saturated heterocycles. The Hall–Kier alpha value is -0.740. The van der Waals surface area contributed by atoms with E-state index in [2.05, 4.69) is 0 Å². The number of nitrogens with two attached hydrogens (primary N) is 1. The van der Waals surface area contributed by atoms with Crippen molar-refractivity contribution in [2.75, 3.05) is 18.8 Å². The van der Waals surface area contributed by atoms with Crippen LogP contribution in [0.3, 0.4) is 0 Å². The van der Waals surface area contributed by atoms with Crippen LogP contribution in [-0.4, -0.2) is 13.0 Å². The molecule has 1 rings (SSSR count). The maximum absolute atomic E-state index is 13.0. The lowest BCUT2D eigenvalue weighted by atomic mass is 10.3. The topological polar surface area (TPSA) is 35.2 Å². The fraction of sp³-hybridized carbons (Fsp3) is 0.250. The predicted molar refractivity (Wildman–Crippen MR) is 48.5 cm³/mol. The van der Waals surface area contributed by atoms with Gasteiger partial charge in [0.2, 0.25) is 0 Å². The summed E-state index contributed by atoms with van der Waals surface area (Å²) in [7, 11) is 1.56. The molecule has 1 aromatic rings. The molecular weight excluding hydrogens is 177 g/mol. The third-order valence-corrected chi connectivity index (χ3v) is 2.39. The lowest BCUT2D eigenvalue weighted by molar-refractivity contribution is 0.258. The van der Waals surface area contributed by atoms with Gasteiger partial charge in [0.05, 0.1) is 10.8 Å². The van der Waals surface area contributed by atoms with E-state index in [0.29, 0.717) is 16.5 Å². The second-order valence-corrected chi connectivity index (χ2v) is 3.14. The Morgan fingerprint density at radius 2 is 2.33 bits per heavy atom. The molecule has 0 aromatic heterocycles. The molecule has 0 spiro atoms. The first kappa shape index (κ1) is 9.35. The molecule has 0 aliphatic carbocycles. The van der Waals surface area contributed by atoms with Crippen LogP contribution >= 0.6 is 11.8 Å². The number of hydrogen-bond acceptors (Lipinski definition) is 3. The Morgan fingerprint density at radius 3 is 2.92 bits per heavy atom. The first-order valence-corrected chi connectivity index (χ1v) is 4.40. The lowest BCUT2D eigenvalue weighted by Gasteiger charge is -2.04. The molecule has 2 nitrogen and oxygen atoms in total. The zero-order valence-corrected chi connectivity index (χ0v) is 7.53. The van der Waals surface area contributed by atoms with Crippen molar-refractivity contribution < 1.29 is 9.13 Å². The molecule has 0 bridgehead atoms. The minimum Gasteiger partial charge on any atom is -0.398 e. The normalized spacial score (nSPS) is 10.2. The molecule has 66 valence electrons. The fourth-order valence-electron chi connectivity index (χ4n) is 0.796. The Balaban J connectivity index is 2.81. The molecule has 0 amide bonds. The molecule has 0 atom stereocenters. The number of nitrogen functional groups attached to an aromatic ring is 1. The van der Waals surface area contributed by atoms with Gasteiger partial charge in [0.15, 0.2) is 0 Å². The standard InChI is InChI=1S/C8H10FNOS/c1-11-5-12-8-6(9)3-2-4-7(8)10/h2-4H,5,10H2,1H3. The number of thioether (sulfide) groups is 1. The van der Waals surface area contributed by atoms with Gasteiger partial charge < -0.3 is 10.5 Å². The van der Waals surface area contributed by atoms with Crippen LogP contribution < -0.4 is 5.73 Å². The van der Waals surface area contributed by atoms with Gasteiger partial charge in [-0.3, -0.25) is 0 Å². The van der Waals surface area contributed by atoms with E-state index < -0.39 is 0 Å². The molecular formula is C8H10FNOS. The Morgan fingerprint density at radius 1 is 1.58 bits per heavy atom. The van der Waals surface area contributed by atoms with Crippen molar-refractivity contribution in [1.29, 1.82) is 0 Å². The third kappa shape index (κ3) is 2.12. The molecule has 0 heterocycles. The number of methoxy groups -OCH3 is 1. The minimum atomic E-state index is -0.294. The molecule has 0 radical (unpaired) electrons. The van der Waals surface area contributed by atoms with E-state index in [-0.39, 0.29) is 5.82 Å². The summed E-state index contributed by atoms with van der Waals surface area (Å²) in [6, 6.07) is 4.64. The Bertz CT molecular complexity index is 247. The van der Waals surface area contributed by atoms with E-state index in [1.54, 1.807) is 19.2 Å². The van der Waals surface area contributed by atoms with Gasteiger partial charge in [-0.15, -0.1) is 0 Å². The highest BCUT2D eigenvalue weighted by atomic mass is 32.2. The van der Waals surface area contributed by atoms with Gasteiger partial charge >= 0.3 is 0 Å². The predicted octanol–water partition coefficient (Wildman–Crippen LogP) is 2.10. The van der Waals surface area contributed by atoms with E-state index in [4.69, 9.17) is 10.5 Å². The van der Waals surface area contributed by atoms with Crippen molar-refractivity contribution in [3.8, 4) is 0 Å². The molecule has 0 saturated carbocycles. The summed E-state index contributed by atoms with van der Waals surface area (Å²) in [5.41, 5.74) is 6.00. The van der Waals surface area contributed by atoms with Gasteiger partial charge in [-0.1, -0.05) is 17.8 Å². The summed E-state index contributed by atoms with van der Waals surface area (Å²) in [6.07, 6.45) is 0. The fourth-order valence-corrected chi connectivity index (χ4v) is 1.47. The second kappa shape index (κ2) is 4.33. The first-order chi connectivity index (χ1) is 5.75. The Labute approximate surface area is 74.9 Å². The highest BCUT2D eigenvalue weighted by Gasteiger charge is 2.05. The summed E-state index contributed by atoms with van der Waals surface area (Å²) in [6.45, 7) is 0. The highest BCUT2D eigenvalue weighted by Crippen LogP contribution is 2.27. The molecule has 0 aliphatic rings. The summed E-state index contributed by atoms with van der Waals surface area (Å²) in [4.78, 5) is 0.458. The van der Waals surface area contributed by atoms with Gasteiger partial charge in [-0.2, -0.15) is 0 Å². The van der Waals surface area contributed by atoms with Crippen molar-refractivity contribution in [3.05, 3.63) is 24.0 Å². The van der Waals surface area contributed by atoms with Crippen molar-refractivity contribution in [2.45, 2.75) is 4.90 Å². The molecule has 2 N–H and O–H groups in total. The maximum atomic E-state index is 13.0. The first-order valence-electron chi connectivity index (χ1n) is 3.41. The molecule has 0 unspecified atom stereocenters. The van der Waals surface area contributed by atoms with E-state index in [1.807, 2.05) is 0 Å². The second-order valence-electron chi connectivity index (χ2n) is 2.21. The van der Waals surface area contributed by atoms with Gasteiger partial charge in [0, 0.05) is 12.8 Å². The van der Waals surface area contributed by atoms with Crippen LogP contribution in [0.2, 0.25) is 0 Å². The number of benzene rings is 1. The van der Waals surface area contributed by atoms with Crippen LogP contribution in [0.1, 0.15) is 0 Å². The van der Waals surface area contributed by atoms with Crippen LogP contribution in [0, 0.1) is 5.82 Å². The number of rotatable bonds is 3. The number of halogens is 1. The van der Waals surface area contributed by atoms with Crippen molar-refractivity contribution in [3.63, 3.8) is 0 Å². The maximum Gasteiger partial charge on any atom is 0.138 e. The summed E-state index contributed by atoms with van der Waals surface area (Å²) in [5, 5.41) is 0. The van der Waals surface area contributed by atoms with Gasteiger partial charge in [-0.05, 0) is 12.1 Å². The molecule has 4 heteroatoms. The average Bonchev–Trinajstić information content (AvgIpc) is 2.04.